The van der Waals surface area contributed by atoms with Crippen molar-refractivity contribution in [3.05, 3.63) is 52.5 Å². The third-order valence-electron chi connectivity index (χ3n) is 3.04. The van der Waals surface area contributed by atoms with Gasteiger partial charge < -0.3 is 5.32 Å². The lowest BCUT2D eigenvalue weighted by molar-refractivity contribution is -0.113. The monoisotopic (exact) mass is 348 g/mol. The molecule has 0 atom stereocenters. The molecule has 0 bridgehead atoms. The Morgan fingerprint density at radius 3 is 2.82 bits per heavy atom. The van der Waals surface area contributed by atoms with Gasteiger partial charge in [0.25, 0.3) is 0 Å². The fourth-order valence-corrected chi connectivity index (χ4v) is 4.02. The Hall–Kier alpha value is -1.56. The van der Waals surface area contributed by atoms with Gasteiger partial charge in [-0.05, 0) is 24.4 Å². The number of halogens is 1. The van der Waals surface area contributed by atoms with Crippen LogP contribution in [0.25, 0.3) is 10.8 Å². The number of nitrogens with zero attached hydrogens (tertiary/aromatic N) is 1. The van der Waals surface area contributed by atoms with Crippen LogP contribution < -0.4 is 5.32 Å². The molecule has 1 aromatic heterocycles. The van der Waals surface area contributed by atoms with Gasteiger partial charge in [0.1, 0.15) is 0 Å². The minimum Gasteiger partial charge on any atom is -0.301 e. The molecule has 0 fully saturated rings. The molecular weight excluding hydrogens is 336 g/mol. The van der Waals surface area contributed by atoms with Crippen molar-refractivity contribution >= 4 is 56.5 Å². The average molecular weight is 349 g/mol. The third kappa shape index (κ3) is 3.43. The summed E-state index contributed by atoms with van der Waals surface area (Å²) in [7, 11) is 0. The molecule has 3 nitrogen and oxygen atoms in total. The van der Waals surface area contributed by atoms with Crippen LogP contribution in [-0.2, 0) is 4.79 Å². The fourth-order valence-electron chi connectivity index (χ4n) is 2.09. The highest BCUT2D eigenvalue weighted by Gasteiger charge is 2.09. The van der Waals surface area contributed by atoms with Crippen molar-refractivity contribution in [3.8, 4) is 0 Å². The van der Waals surface area contributed by atoms with E-state index in [2.05, 4.69) is 10.3 Å². The number of carbonyl (C=O) groups is 1. The van der Waals surface area contributed by atoms with Crippen molar-refractivity contribution in [2.75, 3.05) is 11.1 Å². The van der Waals surface area contributed by atoms with E-state index in [-0.39, 0.29) is 5.91 Å². The van der Waals surface area contributed by atoms with Crippen molar-refractivity contribution in [2.45, 2.75) is 11.8 Å². The van der Waals surface area contributed by atoms with E-state index in [9.17, 15) is 4.79 Å². The Morgan fingerprint density at radius 2 is 2.09 bits per heavy atom. The molecular formula is C16H13ClN2OS2. The van der Waals surface area contributed by atoms with Crippen LogP contribution in [0.4, 0.5) is 5.13 Å². The average Bonchev–Trinajstić information content (AvgIpc) is 2.90. The lowest BCUT2D eigenvalue weighted by atomic mass is 10.1. The quantitative estimate of drug-likeness (QED) is 0.675. The van der Waals surface area contributed by atoms with Crippen molar-refractivity contribution in [3.63, 3.8) is 0 Å². The summed E-state index contributed by atoms with van der Waals surface area (Å²) in [6.45, 7) is 1.96. The van der Waals surface area contributed by atoms with Crippen molar-refractivity contribution in [1.29, 1.82) is 0 Å². The molecule has 0 saturated heterocycles. The van der Waals surface area contributed by atoms with Crippen LogP contribution in [0.15, 0.2) is 47.5 Å². The number of carbonyl (C=O) groups excluding carboxylic acids is 1. The van der Waals surface area contributed by atoms with Crippen LogP contribution >= 0.6 is 34.7 Å². The van der Waals surface area contributed by atoms with E-state index in [1.807, 2.05) is 43.3 Å². The number of nitrogens with one attached hydrogen (secondary N) is 1. The molecule has 0 aliphatic rings. The minimum absolute atomic E-state index is 0.0663. The summed E-state index contributed by atoms with van der Waals surface area (Å²) in [5.74, 6) is 0.256. The number of hydrogen-bond acceptors (Lipinski definition) is 4. The smallest absolute Gasteiger partial charge is 0.236 e. The van der Waals surface area contributed by atoms with Crippen LogP contribution in [0, 0.1) is 6.92 Å². The molecule has 1 heterocycles. The topological polar surface area (TPSA) is 42.0 Å². The number of thioether (sulfide) groups is 1. The van der Waals surface area contributed by atoms with E-state index >= 15 is 0 Å². The zero-order valence-electron chi connectivity index (χ0n) is 11.8. The summed E-state index contributed by atoms with van der Waals surface area (Å²) in [6.07, 6.45) is 1.75. The highest BCUT2D eigenvalue weighted by Crippen LogP contribution is 2.33. The molecule has 0 saturated carbocycles. The molecule has 0 unspecified atom stereocenters. The minimum atomic E-state index is -0.0663. The second-order valence-electron chi connectivity index (χ2n) is 4.71. The molecule has 2 aromatic carbocycles. The number of fused-ring (bicyclic) bond motifs is 1. The van der Waals surface area contributed by atoms with E-state index in [1.165, 1.54) is 23.1 Å². The van der Waals surface area contributed by atoms with E-state index in [0.29, 0.717) is 15.9 Å². The van der Waals surface area contributed by atoms with Crippen LogP contribution in [0.1, 0.15) is 4.88 Å². The Kier molecular flexibility index (Phi) is 4.66. The molecule has 22 heavy (non-hydrogen) atoms. The normalized spacial score (nSPS) is 10.8. The molecule has 112 valence electrons. The van der Waals surface area contributed by atoms with Gasteiger partial charge in [-0.1, -0.05) is 35.9 Å². The largest absolute Gasteiger partial charge is 0.301 e. The highest BCUT2D eigenvalue weighted by atomic mass is 35.5. The van der Waals surface area contributed by atoms with E-state index < -0.39 is 0 Å². The van der Waals surface area contributed by atoms with E-state index in [1.54, 1.807) is 6.20 Å². The molecule has 3 rings (SSSR count). The standard InChI is InChI=1S/C16H13ClN2OS2/c1-10-8-18-16(22-10)19-14(20)9-21-13-7-3-5-11-4-2-6-12(17)15(11)13/h2-8H,9H2,1H3,(H,18,19,20). The summed E-state index contributed by atoms with van der Waals surface area (Å²) in [5, 5.41) is 6.23. The Bertz CT molecular complexity index is 827. The van der Waals surface area contributed by atoms with Gasteiger partial charge in [-0.2, -0.15) is 0 Å². The third-order valence-corrected chi connectivity index (χ3v) is 5.24. The molecule has 3 aromatic rings. The SMILES string of the molecule is Cc1cnc(NC(=O)CSc2cccc3cccc(Cl)c23)s1. The van der Waals surface area contributed by atoms with Crippen molar-refractivity contribution in [2.24, 2.45) is 0 Å². The zero-order chi connectivity index (χ0) is 15.5. The predicted octanol–water partition coefficient (Wildman–Crippen LogP) is 4.99. The number of rotatable bonds is 4. The van der Waals surface area contributed by atoms with Gasteiger partial charge in [0.15, 0.2) is 5.13 Å². The molecule has 0 radical (unpaired) electrons. The summed E-state index contributed by atoms with van der Waals surface area (Å²) in [6, 6.07) is 11.8. The fraction of sp³-hybridized carbons (Fsp3) is 0.125. The van der Waals surface area contributed by atoms with Gasteiger partial charge in [0.2, 0.25) is 5.91 Å². The first kappa shape index (κ1) is 15.3. The summed E-state index contributed by atoms with van der Waals surface area (Å²) < 4.78 is 0. The van der Waals surface area contributed by atoms with Crippen molar-refractivity contribution < 1.29 is 4.79 Å². The van der Waals surface area contributed by atoms with E-state index in [0.717, 1.165) is 20.5 Å². The van der Waals surface area contributed by atoms with Gasteiger partial charge in [0.05, 0.1) is 5.75 Å². The lowest BCUT2D eigenvalue weighted by Gasteiger charge is -2.07. The predicted molar refractivity (Wildman–Crippen MR) is 95.2 cm³/mol. The number of benzene rings is 2. The van der Waals surface area contributed by atoms with Crippen LogP contribution in [-0.4, -0.2) is 16.6 Å². The number of hydrogen-bond donors (Lipinski definition) is 1. The van der Waals surface area contributed by atoms with Crippen LogP contribution in [0.3, 0.4) is 0 Å². The van der Waals surface area contributed by atoms with E-state index in [4.69, 9.17) is 11.6 Å². The van der Waals surface area contributed by atoms with Gasteiger partial charge >= 0.3 is 0 Å². The molecule has 1 amide bonds. The van der Waals surface area contributed by atoms with Crippen molar-refractivity contribution in [1.82, 2.24) is 4.98 Å². The lowest BCUT2D eigenvalue weighted by Crippen LogP contribution is -2.13. The first-order chi connectivity index (χ1) is 10.6. The Morgan fingerprint density at radius 1 is 1.32 bits per heavy atom. The summed E-state index contributed by atoms with van der Waals surface area (Å²) in [4.78, 5) is 18.2. The van der Waals surface area contributed by atoms with Crippen LogP contribution in [0.2, 0.25) is 5.02 Å². The number of aromatic nitrogens is 1. The first-order valence-corrected chi connectivity index (χ1v) is 8.84. The molecule has 0 aliphatic heterocycles. The number of anilines is 1. The zero-order valence-corrected chi connectivity index (χ0v) is 14.2. The first-order valence-electron chi connectivity index (χ1n) is 6.66. The maximum Gasteiger partial charge on any atom is 0.236 e. The van der Waals surface area contributed by atoms with Gasteiger partial charge in [0, 0.05) is 26.4 Å². The summed E-state index contributed by atoms with van der Waals surface area (Å²) in [5.41, 5.74) is 0. The van der Waals surface area contributed by atoms with Gasteiger partial charge in [-0.25, -0.2) is 4.98 Å². The maximum atomic E-state index is 12.0. The Labute approximate surface area is 141 Å². The highest BCUT2D eigenvalue weighted by molar-refractivity contribution is 8.00. The van der Waals surface area contributed by atoms with Gasteiger partial charge in [-0.3, -0.25) is 4.79 Å². The molecule has 6 heteroatoms. The second kappa shape index (κ2) is 6.69. The molecule has 0 aliphatic carbocycles. The van der Waals surface area contributed by atoms with Gasteiger partial charge in [-0.15, -0.1) is 23.1 Å². The van der Waals surface area contributed by atoms with Crippen LogP contribution in [0.5, 0.6) is 0 Å². The molecule has 1 N–H and O–H groups in total. The number of aryl methyl sites for hydroxylation is 1. The molecule has 0 spiro atoms. The number of amides is 1. The second-order valence-corrected chi connectivity index (χ2v) is 7.37. The maximum absolute atomic E-state index is 12.0. The summed E-state index contributed by atoms with van der Waals surface area (Å²) >= 11 is 9.24. The number of thiazole rings is 1. The Balaban J connectivity index is 1.72.